The molecule has 0 unspecified atom stereocenters. The van der Waals surface area contributed by atoms with Gasteiger partial charge in [0.15, 0.2) is 11.5 Å². The van der Waals surface area contributed by atoms with Gasteiger partial charge in [0, 0.05) is 16.7 Å². The van der Waals surface area contributed by atoms with Crippen molar-refractivity contribution in [3.8, 4) is 50.8 Å². The van der Waals surface area contributed by atoms with Crippen molar-refractivity contribution in [1.29, 1.82) is 0 Å². The van der Waals surface area contributed by atoms with E-state index in [-0.39, 0.29) is 0 Å². The van der Waals surface area contributed by atoms with Crippen molar-refractivity contribution in [1.82, 2.24) is 9.55 Å². The fraction of sp³-hybridized carbons (Fsp3) is 0. The Labute approximate surface area is 288 Å². The Balaban J connectivity index is 1.20. The molecular formula is C47H28N2O. The number of aromatic nitrogens is 2. The number of hydrogen-bond acceptors (Lipinski definition) is 2. The third kappa shape index (κ3) is 3.89. The summed E-state index contributed by atoms with van der Waals surface area (Å²) in [5, 5.41) is 9.69. The van der Waals surface area contributed by atoms with E-state index in [1.165, 1.54) is 59.8 Å². The molecule has 9 aromatic carbocycles. The lowest BCUT2D eigenvalue weighted by molar-refractivity contribution is 0.478. The van der Waals surface area contributed by atoms with Crippen LogP contribution in [-0.2, 0) is 0 Å². The number of benzene rings is 9. The molecule has 0 atom stereocenters. The minimum atomic E-state index is 0.809. The summed E-state index contributed by atoms with van der Waals surface area (Å²) in [6.45, 7) is 0. The maximum absolute atomic E-state index is 6.95. The summed E-state index contributed by atoms with van der Waals surface area (Å²) < 4.78 is 9.25. The second-order valence-electron chi connectivity index (χ2n) is 13.1. The topological polar surface area (TPSA) is 27.1 Å². The molecule has 1 aliphatic heterocycles. The van der Waals surface area contributed by atoms with E-state index in [0.717, 1.165) is 45.2 Å². The van der Waals surface area contributed by atoms with E-state index in [2.05, 4.69) is 168 Å². The predicted octanol–water partition coefficient (Wildman–Crippen LogP) is 12.7. The highest BCUT2D eigenvalue weighted by Crippen LogP contribution is 2.51. The van der Waals surface area contributed by atoms with Gasteiger partial charge in [0.2, 0.25) is 0 Å². The smallest absolute Gasteiger partial charge is 0.159 e. The largest absolute Gasteiger partial charge is 0.452 e. The summed E-state index contributed by atoms with van der Waals surface area (Å²) in [4.78, 5) is 5.21. The highest BCUT2D eigenvalue weighted by Gasteiger charge is 2.29. The van der Waals surface area contributed by atoms with Crippen LogP contribution in [0.1, 0.15) is 0 Å². The molecule has 1 aliphatic rings. The molecule has 0 saturated carbocycles. The Morgan fingerprint density at radius 1 is 0.440 bits per heavy atom. The Morgan fingerprint density at radius 3 is 1.68 bits per heavy atom. The normalized spacial score (nSPS) is 12.2. The number of imidazole rings is 1. The minimum Gasteiger partial charge on any atom is -0.452 e. The van der Waals surface area contributed by atoms with Gasteiger partial charge in [-0.25, -0.2) is 4.98 Å². The molecular weight excluding hydrogens is 609 g/mol. The van der Waals surface area contributed by atoms with E-state index in [9.17, 15) is 0 Å². The second-order valence-corrected chi connectivity index (χ2v) is 13.1. The fourth-order valence-electron chi connectivity index (χ4n) is 8.12. The van der Waals surface area contributed by atoms with Crippen molar-refractivity contribution in [2.45, 2.75) is 0 Å². The van der Waals surface area contributed by atoms with E-state index in [0.29, 0.717) is 0 Å². The summed E-state index contributed by atoms with van der Waals surface area (Å²) in [7, 11) is 0. The maximum atomic E-state index is 6.95. The highest BCUT2D eigenvalue weighted by atomic mass is 16.5. The molecule has 0 fully saturated rings. The third-order valence-electron chi connectivity index (χ3n) is 10.3. The molecule has 0 bridgehead atoms. The Morgan fingerprint density at radius 2 is 1.00 bits per heavy atom. The summed E-state index contributed by atoms with van der Waals surface area (Å²) in [5.74, 6) is 2.55. The average Bonchev–Trinajstić information content (AvgIpc) is 3.58. The van der Waals surface area contributed by atoms with Gasteiger partial charge in [-0.05, 0) is 84.5 Å². The van der Waals surface area contributed by atoms with Gasteiger partial charge in [-0.2, -0.15) is 0 Å². The van der Waals surface area contributed by atoms with Gasteiger partial charge in [-0.15, -0.1) is 0 Å². The maximum Gasteiger partial charge on any atom is 0.159 e. The molecule has 0 saturated heterocycles. The van der Waals surface area contributed by atoms with Gasteiger partial charge in [0.25, 0.3) is 0 Å². The van der Waals surface area contributed by atoms with Crippen LogP contribution in [0.4, 0.5) is 0 Å². The van der Waals surface area contributed by atoms with Crippen molar-refractivity contribution in [2.24, 2.45) is 0 Å². The molecule has 232 valence electrons. The Bertz CT molecular complexity index is 2970. The van der Waals surface area contributed by atoms with Crippen LogP contribution < -0.4 is 4.74 Å². The molecule has 11 rings (SSSR count). The summed E-state index contributed by atoms with van der Waals surface area (Å²) >= 11 is 0. The molecule has 10 aromatic rings. The van der Waals surface area contributed by atoms with Crippen LogP contribution in [-0.4, -0.2) is 9.55 Å². The second kappa shape index (κ2) is 10.4. The van der Waals surface area contributed by atoms with E-state index in [4.69, 9.17) is 9.72 Å². The van der Waals surface area contributed by atoms with Gasteiger partial charge in [0.05, 0.1) is 11.2 Å². The number of fused-ring (bicyclic) bond motifs is 6. The number of ether oxygens (including phenoxy) is 1. The molecule has 0 radical (unpaired) electrons. The molecule has 3 heteroatoms. The number of rotatable bonds is 3. The van der Waals surface area contributed by atoms with Crippen molar-refractivity contribution in [2.75, 3.05) is 0 Å². The van der Waals surface area contributed by atoms with Gasteiger partial charge < -0.3 is 4.74 Å². The molecule has 2 heterocycles. The molecule has 50 heavy (non-hydrogen) atoms. The standard InChI is InChI=1S/C47H28N2O/c1-3-13-31-27-33(25-23-29(31)11-1)43-35-15-5-7-17-37(35)44(38-18-8-6-16-36(38)43)39-19-9-21-41-46(39)50-42-22-10-20-40-45(42)49(41)47(48-40)34-26-24-30-12-2-4-14-32(30)28-34/h1-28H. The zero-order valence-electron chi connectivity index (χ0n) is 27.0. The predicted molar refractivity (Wildman–Crippen MR) is 207 cm³/mol. The van der Waals surface area contributed by atoms with E-state index >= 15 is 0 Å². The Kier molecular flexibility index (Phi) is 5.67. The SMILES string of the molecule is c1cc(-c2c3ccccc3c(-c3ccc4ccccc4c3)c3ccccc23)c2c(c1)-n1c(-c3ccc4ccccc4c3)nc3cccc(c31)O2. The van der Waals surface area contributed by atoms with Crippen LogP contribution in [0.3, 0.4) is 0 Å². The molecule has 3 nitrogen and oxygen atoms in total. The zero-order valence-corrected chi connectivity index (χ0v) is 27.0. The van der Waals surface area contributed by atoms with Crippen LogP contribution in [0.25, 0.3) is 93.5 Å². The first-order valence-electron chi connectivity index (χ1n) is 17.0. The van der Waals surface area contributed by atoms with Crippen molar-refractivity contribution in [3.05, 3.63) is 170 Å². The first kappa shape index (κ1) is 27.3. The van der Waals surface area contributed by atoms with Crippen LogP contribution in [0.15, 0.2) is 170 Å². The average molecular weight is 637 g/mol. The summed E-state index contributed by atoms with van der Waals surface area (Å²) in [6.07, 6.45) is 0. The van der Waals surface area contributed by atoms with E-state index in [1.807, 2.05) is 6.07 Å². The lowest BCUT2D eigenvalue weighted by Gasteiger charge is -2.25. The number of para-hydroxylation sites is 2. The first-order chi connectivity index (χ1) is 24.8. The van der Waals surface area contributed by atoms with Gasteiger partial charge >= 0.3 is 0 Å². The van der Waals surface area contributed by atoms with Crippen molar-refractivity contribution >= 4 is 54.1 Å². The van der Waals surface area contributed by atoms with Crippen LogP contribution >= 0.6 is 0 Å². The Hall–Kier alpha value is -6.71. The molecule has 0 aliphatic carbocycles. The summed E-state index contributed by atoms with van der Waals surface area (Å²) in [5.41, 5.74) is 8.64. The molecule has 0 spiro atoms. The van der Waals surface area contributed by atoms with Gasteiger partial charge in [0.1, 0.15) is 11.3 Å². The van der Waals surface area contributed by atoms with Crippen LogP contribution in [0.5, 0.6) is 11.5 Å². The lowest BCUT2D eigenvalue weighted by Crippen LogP contribution is -2.07. The fourth-order valence-corrected chi connectivity index (χ4v) is 8.12. The molecule has 0 N–H and O–H groups in total. The quantitative estimate of drug-likeness (QED) is 0.180. The number of nitrogens with zero attached hydrogens (tertiary/aromatic N) is 2. The van der Waals surface area contributed by atoms with Gasteiger partial charge in [-0.1, -0.05) is 140 Å². The molecule has 0 amide bonds. The minimum absolute atomic E-state index is 0.809. The molecule has 1 aromatic heterocycles. The lowest BCUT2D eigenvalue weighted by atomic mass is 9.85. The van der Waals surface area contributed by atoms with Crippen molar-refractivity contribution < 1.29 is 4.74 Å². The van der Waals surface area contributed by atoms with Crippen LogP contribution in [0, 0.1) is 0 Å². The number of hydrogen-bond donors (Lipinski definition) is 0. The van der Waals surface area contributed by atoms with Gasteiger partial charge in [-0.3, -0.25) is 4.57 Å². The van der Waals surface area contributed by atoms with Crippen LogP contribution in [0.2, 0.25) is 0 Å². The monoisotopic (exact) mass is 636 g/mol. The first-order valence-corrected chi connectivity index (χ1v) is 17.0. The zero-order chi connectivity index (χ0) is 32.8. The summed E-state index contributed by atoms with van der Waals surface area (Å²) in [6, 6.07) is 60.8. The third-order valence-corrected chi connectivity index (χ3v) is 10.3. The van der Waals surface area contributed by atoms with E-state index < -0.39 is 0 Å². The highest BCUT2D eigenvalue weighted by molar-refractivity contribution is 6.22. The van der Waals surface area contributed by atoms with E-state index in [1.54, 1.807) is 0 Å². The van der Waals surface area contributed by atoms with Crippen molar-refractivity contribution in [3.63, 3.8) is 0 Å².